The highest BCUT2D eigenvalue weighted by atomic mass is 16.7. The van der Waals surface area contributed by atoms with Crippen LogP contribution >= 0.6 is 0 Å². The Morgan fingerprint density at radius 3 is 2.60 bits per heavy atom. The highest BCUT2D eigenvalue weighted by Gasteiger charge is 2.37. The molecule has 1 aliphatic heterocycles. The van der Waals surface area contributed by atoms with Crippen molar-refractivity contribution in [3.05, 3.63) is 101 Å². The largest absolute Gasteiger partial charge is 0.454 e. The lowest BCUT2D eigenvalue weighted by Gasteiger charge is -2.34. The molecule has 1 N–H and O–H groups in total. The third-order valence-corrected chi connectivity index (χ3v) is 5.96. The fourth-order valence-electron chi connectivity index (χ4n) is 4.44. The van der Waals surface area contributed by atoms with Crippen LogP contribution in [0.2, 0.25) is 0 Å². The number of pyridine rings is 1. The van der Waals surface area contributed by atoms with Crippen molar-refractivity contribution in [2.45, 2.75) is 11.8 Å². The molecule has 146 valence electrons. The maximum atomic E-state index is 5.67. The molecule has 0 saturated heterocycles. The van der Waals surface area contributed by atoms with Crippen LogP contribution in [0.15, 0.2) is 79.0 Å². The minimum Gasteiger partial charge on any atom is -0.454 e. The highest BCUT2D eigenvalue weighted by Crippen LogP contribution is 2.45. The molecule has 1 atom stereocenters. The van der Waals surface area contributed by atoms with Gasteiger partial charge >= 0.3 is 0 Å². The minimum atomic E-state index is -0.330. The number of ether oxygens (including phenoxy) is 2. The van der Waals surface area contributed by atoms with Gasteiger partial charge in [-0.3, -0.25) is 10.1 Å². The Morgan fingerprint density at radius 2 is 1.73 bits per heavy atom. The van der Waals surface area contributed by atoms with Crippen LogP contribution in [0.3, 0.4) is 0 Å². The van der Waals surface area contributed by atoms with Gasteiger partial charge in [-0.05, 0) is 35.4 Å². The number of hydrogen-bond donors (Lipinski definition) is 1. The van der Waals surface area contributed by atoms with Crippen molar-refractivity contribution < 1.29 is 9.47 Å². The average molecular weight is 393 g/mol. The molecular weight excluding hydrogens is 374 g/mol. The third kappa shape index (κ3) is 2.55. The summed E-state index contributed by atoms with van der Waals surface area (Å²) in [4.78, 5) is 4.47. The number of H-pyrrole nitrogens is 1. The van der Waals surface area contributed by atoms with E-state index < -0.39 is 0 Å². The van der Waals surface area contributed by atoms with E-state index in [1.165, 1.54) is 5.56 Å². The zero-order chi connectivity index (χ0) is 20.0. The molecule has 30 heavy (non-hydrogen) atoms. The van der Waals surface area contributed by atoms with Crippen molar-refractivity contribution in [1.29, 1.82) is 0 Å². The Labute approximate surface area is 174 Å². The van der Waals surface area contributed by atoms with Crippen molar-refractivity contribution in [3.8, 4) is 22.9 Å². The van der Waals surface area contributed by atoms with Gasteiger partial charge in [0.05, 0.1) is 5.69 Å². The van der Waals surface area contributed by atoms with Crippen molar-refractivity contribution in [2.75, 3.05) is 6.79 Å². The number of rotatable bonds is 3. The smallest absolute Gasteiger partial charge is 0.231 e. The Morgan fingerprint density at radius 1 is 0.867 bits per heavy atom. The monoisotopic (exact) mass is 393 g/mol. The van der Waals surface area contributed by atoms with E-state index in [4.69, 9.17) is 9.47 Å². The third-order valence-electron chi connectivity index (χ3n) is 5.96. The van der Waals surface area contributed by atoms with Crippen LogP contribution in [0, 0.1) is 0 Å². The van der Waals surface area contributed by atoms with Gasteiger partial charge in [0.25, 0.3) is 0 Å². The summed E-state index contributed by atoms with van der Waals surface area (Å²) in [6.07, 6.45) is 7.01. The molecular formula is C25H19N3O2. The van der Waals surface area contributed by atoms with Gasteiger partial charge in [-0.15, -0.1) is 0 Å². The van der Waals surface area contributed by atoms with Gasteiger partial charge in [-0.25, -0.2) is 0 Å². The second-order valence-corrected chi connectivity index (χ2v) is 7.59. The van der Waals surface area contributed by atoms with Gasteiger partial charge in [0.2, 0.25) is 6.79 Å². The normalized spacial score (nSPS) is 18.9. The molecule has 2 aromatic heterocycles. The maximum absolute atomic E-state index is 5.67. The first-order valence-electron chi connectivity index (χ1n) is 9.97. The first-order valence-corrected chi connectivity index (χ1v) is 9.97. The number of benzene rings is 2. The van der Waals surface area contributed by atoms with Gasteiger partial charge in [0, 0.05) is 29.3 Å². The summed E-state index contributed by atoms with van der Waals surface area (Å²) in [5.74, 6) is 1.59. The van der Waals surface area contributed by atoms with E-state index in [9.17, 15) is 0 Å². The molecule has 5 nitrogen and oxygen atoms in total. The molecule has 2 aromatic carbocycles. The SMILES string of the molecule is C1=CC(c2ccccc2)(c2ccc3c(c2)OCO3)Cc2[nH]nc(-c3ccccn3)c21. The zero-order valence-electron chi connectivity index (χ0n) is 16.2. The molecule has 3 heterocycles. The summed E-state index contributed by atoms with van der Waals surface area (Å²) in [6, 6.07) is 22.7. The molecule has 6 rings (SSSR count). The first-order chi connectivity index (χ1) is 14.8. The van der Waals surface area contributed by atoms with E-state index >= 15 is 0 Å². The Bertz CT molecular complexity index is 1250. The molecule has 0 radical (unpaired) electrons. The quantitative estimate of drug-likeness (QED) is 0.545. The molecule has 5 heteroatoms. The zero-order valence-corrected chi connectivity index (χ0v) is 16.2. The fourth-order valence-corrected chi connectivity index (χ4v) is 4.44. The number of fused-ring (bicyclic) bond motifs is 2. The van der Waals surface area contributed by atoms with Crippen LogP contribution in [0.25, 0.3) is 17.5 Å². The molecule has 0 spiro atoms. The molecule has 1 aliphatic carbocycles. The lowest BCUT2D eigenvalue weighted by atomic mass is 9.68. The van der Waals surface area contributed by atoms with Crippen LogP contribution in [0.5, 0.6) is 11.5 Å². The number of allylic oxidation sites excluding steroid dienone is 1. The number of aromatic nitrogens is 3. The maximum Gasteiger partial charge on any atom is 0.231 e. The summed E-state index contributed by atoms with van der Waals surface area (Å²) in [5, 5.41) is 7.87. The molecule has 2 aliphatic rings. The fraction of sp³-hybridized carbons (Fsp3) is 0.120. The Kier molecular flexibility index (Phi) is 3.74. The lowest BCUT2D eigenvalue weighted by molar-refractivity contribution is 0.174. The molecule has 0 amide bonds. The van der Waals surface area contributed by atoms with Gasteiger partial charge < -0.3 is 9.47 Å². The van der Waals surface area contributed by atoms with E-state index in [2.05, 4.69) is 63.7 Å². The van der Waals surface area contributed by atoms with Crippen molar-refractivity contribution in [1.82, 2.24) is 15.2 Å². The number of nitrogens with zero attached hydrogens (tertiary/aromatic N) is 2. The number of nitrogens with one attached hydrogen (secondary N) is 1. The Hall–Kier alpha value is -3.86. The van der Waals surface area contributed by atoms with Crippen LogP contribution in [0.4, 0.5) is 0 Å². The van der Waals surface area contributed by atoms with Crippen LogP contribution in [0.1, 0.15) is 22.4 Å². The van der Waals surface area contributed by atoms with Crippen molar-refractivity contribution in [2.24, 2.45) is 0 Å². The van der Waals surface area contributed by atoms with E-state index in [0.717, 1.165) is 46.1 Å². The van der Waals surface area contributed by atoms with Crippen LogP contribution in [-0.2, 0) is 11.8 Å². The highest BCUT2D eigenvalue weighted by molar-refractivity contribution is 5.75. The number of hydrogen-bond acceptors (Lipinski definition) is 4. The van der Waals surface area contributed by atoms with Crippen molar-refractivity contribution in [3.63, 3.8) is 0 Å². The van der Waals surface area contributed by atoms with Crippen LogP contribution in [-0.4, -0.2) is 22.0 Å². The predicted molar refractivity (Wildman–Crippen MR) is 114 cm³/mol. The molecule has 0 bridgehead atoms. The average Bonchev–Trinajstić information content (AvgIpc) is 3.46. The summed E-state index contributed by atoms with van der Waals surface area (Å²) >= 11 is 0. The summed E-state index contributed by atoms with van der Waals surface area (Å²) in [5.41, 5.74) is 6.00. The second kappa shape index (κ2) is 6.59. The Balaban J connectivity index is 1.50. The summed E-state index contributed by atoms with van der Waals surface area (Å²) in [6.45, 7) is 0.269. The van der Waals surface area contributed by atoms with Gasteiger partial charge in [0.15, 0.2) is 11.5 Å². The molecule has 0 fully saturated rings. The summed E-state index contributed by atoms with van der Waals surface area (Å²) < 4.78 is 11.2. The minimum absolute atomic E-state index is 0.269. The standard InChI is InChI=1S/C25H19N3O2/c1-2-6-17(7-3-1)25(18-9-10-22-23(14-18)30-16-29-22)12-11-19-21(15-25)27-28-24(19)20-8-4-5-13-26-20/h1-14H,15-16H2,(H,27,28). The van der Waals surface area contributed by atoms with E-state index in [-0.39, 0.29) is 12.2 Å². The van der Waals surface area contributed by atoms with Gasteiger partial charge in [-0.1, -0.05) is 54.6 Å². The molecule has 0 saturated carbocycles. The number of aromatic amines is 1. The lowest BCUT2D eigenvalue weighted by Crippen LogP contribution is -2.30. The van der Waals surface area contributed by atoms with E-state index in [1.54, 1.807) is 6.20 Å². The first kappa shape index (κ1) is 17.0. The molecule has 4 aromatic rings. The predicted octanol–water partition coefficient (Wildman–Crippen LogP) is 4.76. The second-order valence-electron chi connectivity index (χ2n) is 7.59. The van der Waals surface area contributed by atoms with E-state index in [0.29, 0.717) is 0 Å². The van der Waals surface area contributed by atoms with Crippen molar-refractivity contribution >= 4 is 6.08 Å². The van der Waals surface area contributed by atoms with E-state index in [1.807, 2.05) is 30.3 Å². The topological polar surface area (TPSA) is 60.0 Å². The van der Waals surface area contributed by atoms with Gasteiger partial charge in [0.1, 0.15) is 5.69 Å². The molecule has 1 unspecified atom stereocenters. The van der Waals surface area contributed by atoms with Crippen LogP contribution < -0.4 is 9.47 Å². The van der Waals surface area contributed by atoms with Gasteiger partial charge in [-0.2, -0.15) is 5.10 Å². The summed E-state index contributed by atoms with van der Waals surface area (Å²) in [7, 11) is 0.